The Hall–Kier alpha value is -3.37. The van der Waals surface area contributed by atoms with Crippen molar-refractivity contribution in [2.75, 3.05) is 44.3 Å². The number of epoxide rings is 1. The minimum Gasteiger partial charge on any atom is -0.515 e. The number of allylic oxidation sites excluding steroid dienone is 1. The van der Waals surface area contributed by atoms with E-state index in [0.717, 1.165) is 30.8 Å². The van der Waals surface area contributed by atoms with Crippen molar-refractivity contribution >= 4 is 23.2 Å². The molecule has 4 N–H and O–H groups in total. The van der Waals surface area contributed by atoms with Gasteiger partial charge in [0.15, 0.2) is 17.7 Å². The average molecular weight is 496 g/mol. The molecule has 5 aliphatic rings. The van der Waals surface area contributed by atoms with Crippen LogP contribution in [-0.2, 0) is 25.5 Å². The van der Waals surface area contributed by atoms with Gasteiger partial charge in [-0.2, -0.15) is 0 Å². The molecule has 2 aliphatic carbocycles. The van der Waals surface area contributed by atoms with Crippen molar-refractivity contribution < 1.29 is 34.1 Å². The monoisotopic (exact) mass is 495 g/mol. The third-order valence-electron chi connectivity index (χ3n) is 8.23. The molecule has 0 aromatic heterocycles. The molecule has 36 heavy (non-hydrogen) atoms. The Morgan fingerprint density at radius 1 is 1.17 bits per heavy atom. The number of rotatable bonds is 6. The number of phenols is 1. The molecule has 4 atom stereocenters. The quantitative estimate of drug-likeness (QED) is 0.172. The number of aliphatic hydroxyl groups is 1. The van der Waals surface area contributed by atoms with Crippen LogP contribution in [0.4, 0.5) is 5.69 Å². The predicted molar refractivity (Wildman–Crippen MR) is 128 cm³/mol. The summed E-state index contributed by atoms with van der Waals surface area (Å²) < 4.78 is 11.4. The number of phenolic OH excluding ortho intramolecular Hbond substituents is 1. The van der Waals surface area contributed by atoms with Crippen LogP contribution in [0, 0.1) is 11.8 Å². The van der Waals surface area contributed by atoms with Crippen LogP contribution in [0.3, 0.4) is 0 Å². The first-order valence-corrected chi connectivity index (χ1v) is 12.5. The Balaban J connectivity index is 1.38. The summed E-state index contributed by atoms with van der Waals surface area (Å²) in [4.78, 5) is 43.3. The Labute approximate surface area is 207 Å². The molecule has 3 saturated heterocycles. The summed E-state index contributed by atoms with van der Waals surface area (Å²) in [6, 6.07) is 2.71. The number of amides is 1. The number of hydrogen-bond acceptors (Lipinski definition) is 9. The summed E-state index contributed by atoms with van der Waals surface area (Å²) in [6.07, 6.45) is 2.18. The lowest BCUT2D eigenvalue weighted by Gasteiger charge is -2.41. The summed E-state index contributed by atoms with van der Waals surface area (Å²) in [6.45, 7) is 3.69. The maximum absolute atomic E-state index is 13.6. The van der Waals surface area contributed by atoms with Crippen LogP contribution in [0.1, 0.15) is 28.8 Å². The molecule has 4 unspecified atom stereocenters. The van der Waals surface area contributed by atoms with Gasteiger partial charge in [0, 0.05) is 43.4 Å². The zero-order chi connectivity index (χ0) is 25.1. The number of fused-ring (bicyclic) bond motifs is 3. The van der Waals surface area contributed by atoms with E-state index < -0.39 is 29.4 Å². The predicted octanol–water partition coefficient (Wildman–Crippen LogP) is 0.827. The van der Waals surface area contributed by atoms with E-state index in [2.05, 4.69) is 4.90 Å². The molecule has 0 spiro atoms. The number of benzene rings is 1. The fraction of sp³-hybridized carbons (Fsp3) is 0.500. The molecule has 3 fully saturated rings. The number of aromatic hydroxyl groups is 1. The van der Waals surface area contributed by atoms with Gasteiger partial charge in [0.25, 0.3) is 5.91 Å². The van der Waals surface area contributed by atoms with Gasteiger partial charge in [0.1, 0.15) is 17.1 Å². The first kappa shape index (κ1) is 23.1. The van der Waals surface area contributed by atoms with Gasteiger partial charge in [-0.1, -0.05) is 0 Å². The number of Topliss-reactive ketones (excluding diaryl/α,β-unsaturated/α-hetero) is 2. The standard InChI is InChI=1S/C26H29N3O7/c27-26(34)16(12-30)22(32)21(29-6-8-35-9-7-29)15-11-13-10-14-17(28-4-1-5-28)2-3-18(31)20(14)23(33)19(13)25-24(15)36-25/h2-3,12-13,15,21,24,30-31H,1,4-11H2,(H2,27,34)/b16-12-. The van der Waals surface area contributed by atoms with Crippen LogP contribution in [-0.4, -0.2) is 84.1 Å². The molecule has 3 aliphatic heterocycles. The van der Waals surface area contributed by atoms with Crippen molar-refractivity contribution in [1.82, 2.24) is 4.90 Å². The summed E-state index contributed by atoms with van der Waals surface area (Å²) in [7, 11) is 0. The van der Waals surface area contributed by atoms with Crippen molar-refractivity contribution in [1.29, 1.82) is 0 Å². The van der Waals surface area contributed by atoms with Crippen molar-refractivity contribution in [2.24, 2.45) is 17.6 Å². The lowest BCUT2D eigenvalue weighted by Crippen LogP contribution is -2.54. The molecule has 1 aromatic rings. The van der Waals surface area contributed by atoms with E-state index in [4.69, 9.17) is 15.2 Å². The second-order valence-electron chi connectivity index (χ2n) is 10.1. The average Bonchev–Trinajstić information content (AvgIpc) is 3.61. The molecule has 190 valence electrons. The van der Waals surface area contributed by atoms with E-state index in [0.29, 0.717) is 62.3 Å². The third kappa shape index (κ3) is 3.50. The zero-order valence-corrected chi connectivity index (χ0v) is 19.8. The SMILES string of the molecule is NC(=O)/C(=C\O)C(=O)C(C1CC2Cc3c(N4CCC4)ccc(O)c3C(=O)C2=C2OC21)N1CCOCC1. The summed E-state index contributed by atoms with van der Waals surface area (Å²) in [5.74, 6) is -1.70. The number of aliphatic hydroxyl groups excluding tert-OH is 1. The number of nitrogens with zero attached hydrogens (tertiary/aromatic N) is 2. The van der Waals surface area contributed by atoms with E-state index >= 15 is 0 Å². The molecule has 6 rings (SSSR count). The minimum absolute atomic E-state index is 0.0225. The third-order valence-corrected chi connectivity index (χ3v) is 8.23. The zero-order valence-electron chi connectivity index (χ0n) is 19.8. The maximum Gasteiger partial charge on any atom is 0.255 e. The Morgan fingerprint density at radius 3 is 2.56 bits per heavy atom. The van der Waals surface area contributed by atoms with Crippen LogP contribution in [0.15, 0.2) is 35.3 Å². The summed E-state index contributed by atoms with van der Waals surface area (Å²) in [5, 5.41) is 20.2. The number of carbonyl (C=O) groups is 3. The number of carbonyl (C=O) groups excluding carboxylic acids is 3. The fourth-order valence-corrected chi connectivity index (χ4v) is 6.36. The number of anilines is 1. The maximum atomic E-state index is 13.6. The molecule has 0 bridgehead atoms. The normalized spacial score (nSPS) is 28.3. The number of morpholine rings is 1. The van der Waals surface area contributed by atoms with Gasteiger partial charge in [-0.15, -0.1) is 0 Å². The highest BCUT2D eigenvalue weighted by molar-refractivity contribution is 6.20. The lowest BCUT2D eigenvalue weighted by molar-refractivity contribution is -0.128. The molecule has 1 amide bonds. The molecular formula is C26H29N3O7. The first-order chi connectivity index (χ1) is 17.4. The van der Waals surface area contributed by atoms with Crippen LogP contribution < -0.4 is 10.6 Å². The van der Waals surface area contributed by atoms with E-state index in [1.54, 1.807) is 6.07 Å². The fourth-order valence-electron chi connectivity index (χ4n) is 6.36. The highest BCUT2D eigenvalue weighted by Crippen LogP contribution is 2.54. The van der Waals surface area contributed by atoms with Gasteiger partial charge in [-0.25, -0.2) is 0 Å². The minimum atomic E-state index is -0.985. The number of ether oxygens (including phenoxy) is 2. The molecule has 1 aromatic carbocycles. The number of ketones is 2. The van der Waals surface area contributed by atoms with Gasteiger partial charge in [0.05, 0.1) is 31.1 Å². The van der Waals surface area contributed by atoms with Gasteiger partial charge >= 0.3 is 0 Å². The van der Waals surface area contributed by atoms with Crippen molar-refractivity contribution in [3.63, 3.8) is 0 Å². The van der Waals surface area contributed by atoms with Crippen LogP contribution in [0.2, 0.25) is 0 Å². The van der Waals surface area contributed by atoms with Crippen molar-refractivity contribution in [3.05, 3.63) is 46.4 Å². The van der Waals surface area contributed by atoms with E-state index in [-0.39, 0.29) is 23.4 Å². The van der Waals surface area contributed by atoms with E-state index in [1.165, 1.54) is 0 Å². The molecule has 10 heteroatoms. The van der Waals surface area contributed by atoms with Gasteiger partial charge < -0.3 is 30.3 Å². The molecular weight excluding hydrogens is 466 g/mol. The van der Waals surface area contributed by atoms with Gasteiger partial charge in [-0.05, 0) is 42.9 Å². The lowest BCUT2D eigenvalue weighted by atomic mass is 9.68. The second-order valence-corrected chi connectivity index (χ2v) is 10.1. The summed E-state index contributed by atoms with van der Waals surface area (Å²) >= 11 is 0. The number of nitrogens with two attached hydrogens (primary N) is 1. The first-order valence-electron chi connectivity index (χ1n) is 12.5. The Morgan fingerprint density at radius 2 is 1.92 bits per heavy atom. The highest BCUT2D eigenvalue weighted by Gasteiger charge is 2.57. The summed E-state index contributed by atoms with van der Waals surface area (Å²) in [5.41, 5.74) is 7.71. The number of hydrogen-bond donors (Lipinski definition) is 3. The van der Waals surface area contributed by atoms with Gasteiger partial charge in [-0.3, -0.25) is 19.3 Å². The van der Waals surface area contributed by atoms with Crippen molar-refractivity contribution in [3.8, 4) is 5.75 Å². The highest BCUT2D eigenvalue weighted by atomic mass is 16.6. The van der Waals surface area contributed by atoms with Crippen LogP contribution in [0.5, 0.6) is 5.75 Å². The topological polar surface area (TPSA) is 146 Å². The van der Waals surface area contributed by atoms with Crippen molar-refractivity contribution in [2.45, 2.75) is 31.4 Å². The number of primary amides is 1. The molecule has 10 nitrogen and oxygen atoms in total. The van der Waals surface area contributed by atoms with Gasteiger partial charge in [0.2, 0.25) is 0 Å². The Kier molecular flexibility index (Phi) is 5.53. The molecule has 3 heterocycles. The molecule has 0 saturated carbocycles. The van der Waals surface area contributed by atoms with E-state index in [9.17, 15) is 24.6 Å². The molecule has 0 radical (unpaired) electrons. The smallest absolute Gasteiger partial charge is 0.255 e. The van der Waals surface area contributed by atoms with Crippen LogP contribution >= 0.6 is 0 Å². The van der Waals surface area contributed by atoms with E-state index in [1.807, 2.05) is 11.0 Å². The van der Waals surface area contributed by atoms with Crippen LogP contribution in [0.25, 0.3) is 0 Å². The largest absolute Gasteiger partial charge is 0.515 e. The Bertz CT molecular complexity index is 1210. The second kappa shape index (κ2) is 8.63.